The van der Waals surface area contributed by atoms with E-state index in [-0.39, 0.29) is 0 Å². The molecule has 0 unspecified atom stereocenters. The summed E-state index contributed by atoms with van der Waals surface area (Å²) in [5, 5.41) is 0.617. The quantitative estimate of drug-likeness (QED) is 0.430. The summed E-state index contributed by atoms with van der Waals surface area (Å²) in [6.07, 6.45) is 2.65. The molecule has 0 aliphatic carbocycles. The Labute approximate surface area is 66.5 Å². The van der Waals surface area contributed by atoms with Gasteiger partial charge in [-0.2, -0.15) is 0 Å². The van der Waals surface area contributed by atoms with Gasteiger partial charge in [0.1, 0.15) is 0 Å². The fraction of sp³-hybridized carbons (Fsp3) is 0.286. The number of aromatic amines is 2. The number of fused-ring (bicyclic) bond motifs is 1. The average molecular weight is 165 g/mol. The molecular formula is C7H7N3O2. The first-order valence-electron chi connectivity index (χ1n) is 3.65. The number of H-pyrrole nitrogens is 2. The highest BCUT2D eigenvalue weighted by molar-refractivity contribution is 5.18. The fourth-order valence-corrected chi connectivity index (χ4v) is 1.13. The van der Waals surface area contributed by atoms with Gasteiger partial charge in [0.2, 0.25) is 0 Å². The van der Waals surface area contributed by atoms with Gasteiger partial charge in [0.15, 0.2) is 5.49 Å². The normalized spacial score (nSPS) is 14.3. The molecule has 1 aromatic rings. The van der Waals surface area contributed by atoms with Crippen molar-refractivity contribution >= 4 is 6.08 Å². The van der Waals surface area contributed by atoms with Crippen LogP contribution >= 0.6 is 0 Å². The maximum absolute atomic E-state index is 10.8. The number of hydrogen-bond donors (Lipinski definition) is 2. The van der Waals surface area contributed by atoms with Crippen LogP contribution in [0.5, 0.6) is 0 Å². The third-order valence-corrected chi connectivity index (χ3v) is 1.69. The van der Waals surface area contributed by atoms with Crippen molar-refractivity contribution in [3.63, 3.8) is 0 Å². The lowest BCUT2D eigenvalue weighted by Crippen LogP contribution is -2.47. The third kappa shape index (κ3) is 0.990. The van der Waals surface area contributed by atoms with Gasteiger partial charge in [0.25, 0.3) is 0 Å². The molecule has 1 aliphatic rings. The minimum Gasteiger partial charge on any atom is -0.315 e. The fourth-order valence-electron chi connectivity index (χ4n) is 1.13. The van der Waals surface area contributed by atoms with E-state index >= 15 is 0 Å². The van der Waals surface area contributed by atoms with Crippen LogP contribution in [0.1, 0.15) is 6.42 Å². The van der Waals surface area contributed by atoms with E-state index in [1.807, 2.05) is 6.08 Å². The van der Waals surface area contributed by atoms with Crippen molar-refractivity contribution in [2.24, 2.45) is 4.99 Å². The van der Waals surface area contributed by atoms with E-state index in [0.717, 1.165) is 6.42 Å². The second kappa shape index (κ2) is 2.44. The van der Waals surface area contributed by atoms with Crippen LogP contribution in [-0.4, -0.2) is 16.5 Å². The molecule has 0 saturated carbocycles. The van der Waals surface area contributed by atoms with Gasteiger partial charge in [-0.05, 0) is 6.42 Å². The van der Waals surface area contributed by atoms with Crippen LogP contribution in [0, 0.1) is 0 Å². The Morgan fingerprint density at radius 3 is 2.83 bits per heavy atom. The molecule has 0 bridgehead atoms. The monoisotopic (exact) mass is 165 g/mol. The zero-order valence-electron chi connectivity index (χ0n) is 6.26. The molecule has 12 heavy (non-hydrogen) atoms. The highest BCUT2D eigenvalue weighted by Gasteiger charge is 1.97. The summed E-state index contributed by atoms with van der Waals surface area (Å²) in [4.78, 5) is 30.5. The van der Waals surface area contributed by atoms with Crippen molar-refractivity contribution in [2.45, 2.75) is 6.42 Å². The Morgan fingerprint density at radius 1 is 1.25 bits per heavy atom. The Bertz CT molecular complexity index is 474. The predicted octanol–water partition coefficient (Wildman–Crippen LogP) is -2.13. The van der Waals surface area contributed by atoms with Gasteiger partial charge in [-0.3, -0.25) is 14.6 Å². The van der Waals surface area contributed by atoms with Crippen molar-refractivity contribution in [2.75, 3.05) is 6.54 Å². The second-order valence-electron chi connectivity index (χ2n) is 2.55. The first kappa shape index (κ1) is 7.02. The molecule has 1 aromatic heterocycles. The molecule has 0 amide bonds. The Balaban J connectivity index is 3.01. The van der Waals surface area contributed by atoms with Gasteiger partial charge >= 0.3 is 11.1 Å². The van der Waals surface area contributed by atoms with E-state index < -0.39 is 11.1 Å². The molecule has 5 nitrogen and oxygen atoms in total. The first-order chi connectivity index (χ1) is 5.77. The van der Waals surface area contributed by atoms with E-state index in [1.54, 1.807) is 0 Å². The lowest BCUT2D eigenvalue weighted by molar-refractivity contribution is 0.861. The van der Waals surface area contributed by atoms with Crippen LogP contribution < -0.4 is 22.0 Å². The zero-order chi connectivity index (χ0) is 8.55. The van der Waals surface area contributed by atoms with Gasteiger partial charge < -0.3 is 9.97 Å². The molecule has 2 N–H and O–H groups in total. The topological polar surface area (TPSA) is 78.1 Å². The summed E-state index contributed by atoms with van der Waals surface area (Å²) >= 11 is 0. The standard InChI is InChI=1S/C7H7N3O2/c11-6-7(12)10-5-4(9-6)2-1-3-8-5/h2H,1,3H2,(H,9,11)(H,8,10,12). The highest BCUT2D eigenvalue weighted by Crippen LogP contribution is 1.81. The number of aromatic nitrogens is 2. The van der Waals surface area contributed by atoms with E-state index in [9.17, 15) is 9.59 Å². The highest BCUT2D eigenvalue weighted by atomic mass is 16.2. The molecule has 0 fully saturated rings. The molecule has 2 heterocycles. The van der Waals surface area contributed by atoms with Crippen LogP contribution in [0.3, 0.4) is 0 Å². The maximum Gasteiger partial charge on any atom is 0.315 e. The SMILES string of the molecule is O=c1[nH]c2c([nH]c1=O)=NCCC=2. The molecule has 0 saturated heterocycles. The van der Waals surface area contributed by atoms with Crippen LogP contribution in [0.2, 0.25) is 0 Å². The van der Waals surface area contributed by atoms with Crippen molar-refractivity contribution < 1.29 is 0 Å². The van der Waals surface area contributed by atoms with Crippen molar-refractivity contribution in [1.29, 1.82) is 0 Å². The molecule has 0 atom stereocenters. The van der Waals surface area contributed by atoms with Crippen molar-refractivity contribution in [3.05, 3.63) is 31.5 Å². The summed E-state index contributed by atoms with van der Waals surface area (Å²) < 4.78 is 0. The number of nitrogens with zero attached hydrogens (tertiary/aromatic N) is 1. The minimum atomic E-state index is -0.646. The summed E-state index contributed by atoms with van der Waals surface area (Å²) in [5.74, 6) is 0. The van der Waals surface area contributed by atoms with Gasteiger partial charge in [-0.25, -0.2) is 0 Å². The molecule has 0 radical (unpaired) electrons. The molecule has 0 spiro atoms. The lowest BCUT2D eigenvalue weighted by Gasteiger charge is -1.96. The number of rotatable bonds is 0. The van der Waals surface area contributed by atoms with Gasteiger partial charge in [-0.1, -0.05) is 6.08 Å². The van der Waals surface area contributed by atoms with E-state index in [4.69, 9.17) is 0 Å². The molecule has 1 aliphatic heterocycles. The lowest BCUT2D eigenvalue weighted by atomic mass is 10.3. The Hall–Kier alpha value is -1.65. The molecular weight excluding hydrogens is 158 g/mol. The third-order valence-electron chi connectivity index (χ3n) is 1.69. The summed E-state index contributed by atoms with van der Waals surface area (Å²) in [7, 11) is 0. The first-order valence-corrected chi connectivity index (χ1v) is 3.65. The predicted molar refractivity (Wildman–Crippen MR) is 42.4 cm³/mol. The minimum absolute atomic E-state index is 0.478. The van der Waals surface area contributed by atoms with Gasteiger partial charge in [-0.15, -0.1) is 0 Å². The number of hydrogen-bond acceptors (Lipinski definition) is 3. The summed E-state index contributed by atoms with van der Waals surface area (Å²) in [5.41, 5.74) is -0.791. The summed E-state index contributed by atoms with van der Waals surface area (Å²) in [6, 6.07) is 0. The van der Waals surface area contributed by atoms with E-state index in [1.165, 1.54) is 0 Å². The van der Waals surface area contributed by atoms with E-state index in [2.05, 4.69) is 15.0 Å². The van der Waals surface area contributed by atoms with Crippen LogP contribution in [0.15, 0.2) is 14.6 Å². The summed E-state index contributed by atoms with van der Waals surface area (Å²) in [6.45, 7) is 0.662. The second-order valence-corrected chi connectivity index (χ2v) is 2.55. The average Bonchev–Trinajstić information content (AvgIpc) is 2.07. The Kier molecular flexibility index (Phi) is 1.43. The van der Waals surface area contributed by atoms with E-state index in [0.29, 0.717) is 17.4 Å². The van der Waals surface area contributed by atoms with Crippen molar-refractivity contribution in [3.8, 4) is 0 Å². The van der Waals surface area contributed by atoms with Gasteiger partial charge in [0.05, 0.1) is 5.35 Å². The number of nitrogens with one attached hydrogen (secondary N) is 2. The van der Waals surface area contributed by atoms with Crippen LogP contribution in [0.25, 0.3) is 6.08 Å². The molecule has 2 rings (SSSR count). The van der Waals surface area contributed by atoms with Crippen LogP contribution in [-0.2, 0) is 0 Å². The van der Waals surface area contributed by atoms with Gasteiger partial charge in [0, 0.05) is 6.54 Å². The van der Waals surface area contributed by atoms with Crippen molar-refractivity contribution in [1.82, 2.24) is 9.97 Å². The Morgan fingerprint density at radius 2 is 2.00 bits per heavy atom. The smallest absolute Gasteiger partial charge is 0.315 e. The molecule has 62 valence electrons. The molecule has 5 heteroatoms. The zero-order valence-corrected chi connectivity index (χ0v) is 6.26. The molecule has 0 aromatic carbocycles. The maximum atomic E-state index is 10.8. The largest absolute Gasteiger partial charge is 0.315 e. The van der Waals surface area contributed by atoms with Crippen LogP contribution in [0.4, 0.5) is 0 Å².